The lowest BCUT2D eigenvalue weighted by atomic mass is 10.0. The third-order valence-corrected chi connectivity index (χ3v) is 2.67. The molecule has 2 amide bonds. The summed E-state index contributed by atoms with van der Waals surface area (Å²) >= 11 is 0. The average molecular weight is 274 g/mol. The number of carboxylic acid groups (broad SMARTS) is 1. The molecule has 0 bridgehead atoms. The first-order valence-corrected chi connectivity index (χ1v) is 6.22. The summed E-state index contributed by atoms with van der Waals surface area (Å²) in [6, 6.07) is -1.92. The predicted octanol–water partition coefficient (Wildman–Crippen LogP) is -0.513. The van der Waals surface area contributed by atoms with E-state index in [1.807, 2.05) is 0 Å². The zero-order valence-electron chi connectivity index (χ0n) is 11.6. The summed E-state index contributed by atoms with van der Waals surface area (Å²) in [4.78, 5) is 34.1. The molecule has 7 nitrogen and oxygen atoms in total. The number of aliphatic hydroxyl groups is 1. The van der Waals surface area contributed by atoms with Gasteiger partial charge in [0.2, 0.25) is 11.8 Å². The topological polar surface area (TPSA) is 116 Å². The van der Waals surface area contributed by atoms with Gasteiger partial charge in [0.05, 0.1) is 0 Å². The van der Waals surface area contributed by atoms with Crippen LogP contribution in [0.2, 0.25) is 0 Å². The van der Waals surface area contributed by atoms with Gasteiger partial charge in [-0.2, -0.15) is 0 Å². The number of aliphatic carboxylic acids is 1. The number of carbonyl (C=O) groups excluding carboxylic acids is 2. The number of rotatable bonds is 7. The molecule has 4 N–H and O–H groups in total. The van der Waals surface area contributed by atoms with Crippen LogP contribution in [0.3, 0.4) is 0 Å². The molecule has 0 aliphatic rings. The SMILES string of the molecule is CCC(O)C(=O)N[C@H](C(=O)N[C@@H](C)C(=O)O)C(C)C. The number of nitrogens with one attached hydrogen (secondary N) is 2. The van der Waals surface area contributed by atoms with Crippen molar-refractivity contribution in [3.63, 3.8) is 0 Å². The first-order valence-electron chi connectivity index (χ1n) is 6.22. The van der Waals surface area contributed by atoms with Gasteiger partial charge in [-0.3, -0.25) is 14.4 Å². The maximum Gasteiger partial charge on any atom is 0.325 e. The summed E-state index contributed by atoms with van der Waals surface area (Å²) < 4.78 is 0. The molecule has 0 saturated carbocycles. The van der Waals surface area contributed by atoms with Crippen molar-refractivity contribution in [1.29, 1.82) is 0 Å². The van der Waals surface area contributed by atoms with Crippen LogP contribution in [0.5, 0.6) is 0 Å². The van der Waals surface area contributed by atoms with E-state index >= 15 is 0 Å². The zero-order valence-corrected chi connectivity index (χ0v) is 11.6. The van der Waals surface area contributed by atoms with Crippen LogP contribution in [0.1, 0.15) is 34.1 Å². The average Bonchev–Trinajstić information content (AvgIpc) is 2.33. The first-order chi connectivity index (χ1) is 8.70. The van der Waals surface area contributed by atoms with Gasteiger partial charge in [-0.25, -0.2) is 0 Å². The molecular formula is C12H22N2O5. The molecule has 0 rings (SSSR count). The van der Waals surface area contributed by atoms with Gasteiger partial charge < -0.3 is 20.8 Å². The van der Waals surface area contributed by atoms with Crippen LogP contribution in [-0.4, -0.2) is 46.2 Å². The van der Waals surface area contributed by atoms with Crippen LogP contribution in [0, 0.1) is 5.92 Å². The van der Waals surface area contributed by atoms with E-state index in [1.165, 1.54) is 6.92 Å². The van der Waals surface area contributed by atoms with E-state index in [2.05, 4.69) is 10.6 Å². The Labute approximate surface area is 112 Å². The Morgan fingerprint density at radius 1 is 1.05 bits per heavy atom. The quantitative estimate of drug-likeness (QED) is 0.499. The molecule has 0 radical (unpaired) electrons. The smallest absolute Gasteiger partial charge is 0.325 e. The molecule has 3 atom stereocenters. The van der Waals surface area contributed by atoms with Crippen LogP contribution < -0.4 is 10.6 Å². The molecule has 0 aliphatic heterocycles. The second-order valence-corrected chi connectivity index (χ2v) is 4.72. The standard InChI is InChI=1S/C12H22N2O5/c1-5-8(15)10(16)14-9(6(2)3)11(17)13-7(4)12(18)19/h6-9,15H,5H2,1-4H3,(H,13,17)(H,14,16)(H,18,19)/t7-,8?,9-/m0/s1. The summed E-state index contributed by atoms with van der Waals surface area (Å²) in [6.45, 7) is 6.41. The van der Waals surface area contributed by atoms with E-state index in [4.69, 9.17) is 5.11 Å². The Hall–Kier alpha value is -1.63. The lowest BCUT2D eigenvalue weighted by Gasteiger charge is -2.23. The summed E-state index contributed by atoms with van der Waals surface area (Å²) in [6.07, 6.45) is -0.935. The lowest BCUT2D eigenvalue weighted by Crippen LogP contribution is -2.54. The van der Waals surface area contributed by atoms with Crippen LogP contribution >= 0.6 is 0 Å². The predicted molar refractivity (Wildman–Crippen MR) is 68.3 cm³/mol. The summed E-state index contributed by atoms with van der Waals surface area (Å²) in [5.41, 5.74) is 0. The highest BCUT2D eigenvalue weighted by Gasteiger charge is 2.28. The largest absolute Gasteiger partial charge is 0.480 e. The van der Waals surface area contributed by atoms with Crippen molar-refractivity contribution in [3.8, 4) is 0 Å². The number of aliphatic hydroxyl groups excluding tert-OH is 1. The van der Waals surface area contributed by atoms with Gasteiger partial charge in [-0.15, -0.1) is 0 Å². The van der Waals surface area contributed by atoms with Crippen molar-refractivity contribution in [3.05, 3.63) is 0 Å². The number of carbonyl (C=O) groups is 3. The van der Waals surface area contributed by atoms with Gasteiger partial charge in [0, 0.05) is 0 Å². The van der Waals surface area contributed by atoms with Gasteiger partial charge in [0.1, 0.15) is 18.2 Å². The molecule has 0 fully saturated rings. The number of hydrogen-bond acceptors (Lipinski definition) is 4. The molecule has 0 spiro atoms. The van der Waals surface area contributed by atoms with E-state index in [0.29, 0.717) is 0 Å². The van der Waals surface area contributed by atoms with E-state index < -0.39 is 36.0 Å². The highest BCUT2D eigenvalue weighted by molar-refractivity contribution is 5.91. The molecule has 110 valence electrons. The van der Waals surface area contributed by atoms with Crippen LogP contribution in [-0.2, 0) is 14.4 Å². The highest BCUT2D eigenvalue weighted by Crippen LogP contribution is 2.04. The second-order valence-electron chi connectivity index (χ2n) is 4.72. The monoisotopic (exact) mass is 274 g/mol. The minimum Gasteiger partial charge on any atom is -0.480 e. The number of amides is 2. The fourth-order valence-corrected chi connectivity index (χ4v) is 1.33. The molecule has 19 heavy (non-hydrogen) atoms. The third kappa shape index (κ3) is 5.69. The lowest BCUT2D eigenvalue weighted by molar-refractivity contribution is -0.142. The highest BCUT2D eigenvalue weighted by atomic mass is 16.4. The molecule has 0 aromatic rings. The van der Waals surface area contributed by atoms with Gasteiger partial charge >= 0.3 is 5.97 Å². The first kappa shape index (κ1) is 17.4. The summed E-state index contributed by atoms with van der Waals surface area (Å²) in [5.74, 6) is -2.61. The Balaban J connectivity index is 4.69. The van der Waals surface area contributed by atoms with E-state index in [1.54, 1.807) is 20.8 Å². The van der Waals surface area contributed by atoms with Gasteiger partial charge in [-0.1, -0.05) is 20.8 Å². The van der Waals surface area contributed by atoms with Gasteiger partial charge in [0.25, 0.3) is 0 Å². The van der Waals surface area contributed by atoms with Crippen LogP contribution in [0.25, 0.3) is 0 Å². The summed E-state index contributed by atoms with van der Waals surface area (Å²) in [7, 11) is 0. The number of carboxylic acids is 1. The molecule has 1 unspecified atom stereocenters. The fraction of sp³-hybridized carbons (Fsp3) is 0.750. The van der Waals surface area contributed by atoms with E-state index in [0.717, 1.165) is 0 Å². The molecule has 0 saturated heterocycles. The molecule has 0 aromatic carbocycles. The van der Waals surface area contributed by atoms with E-state index in [9.17, 15) is 19.5 Å². The Morgan fingerprint density at radius 3 is 1.95 bits per heavy atom. The Morgan fingerprint density at radius 2 is 1.58 bits per heavy atom. The van der Waals surface area contributed by atoms with Crippen LogP contribution in [0.15, 0.2) is 0 Å². The Bertz CT molecular complexity index is 343. The maximum atomic E-state index is 11.9. The molecule has 0 aromatic heterocycles. The molecule has 7 heteroatoms. The second kappa shape index (κ2) is 7.73. The van der Waals surface area contributed by atoms with Crippen molar-refractivity contribution in [2.24, 2.45) is 5.92 Å². The Kier molecular flexibility index (Phi) is 7.06. The minimum absolute atomic E-state index is 0.228. The molecular weight excluding hydrogens is 252 g/mol. The third-order valence-electron chi connectivity index (χ3n) is 2.67. The zero-order chi connectivity index (χ0) is 15.2. The van der Waals surface area contributed by atoms with Crippen molar-refractivity contribution in [2.75, 3.05) is 0 Å². The molecule has 0 heterocycles. The molecule has 0 aliphatic carbocycles. The normalized spacial score (nSPS) is 15.5. The maximum absolute atomic E-state index is 11.9. The van der Waals surface area contributed by atoms with Gasteiger partial charge in [0.15, 0.2) is 0 Å². The number of hydrogen-bond donors (Lipinski definition) is 4. The van der Waals surface area contributed by atoms with Crippen molar-refractivity contribution in [2.45, 2.75) is 52.3 Å². The minimum atomic E-state index is -1.18. The van der Waals surface area contributed by atoms with E-state index in [-0.39, 0.29) is 12.3 Å². The fourth-order valence-electron chi connectivity index (χ4n) is 1.33. The van der Waals surface area contributed by atoms with Gasteiger partial charge in [-0.05, 0) is 19.3 Å². The summed E-state index contributed by atoms with van der Waals surface area (Å²) in [5, 5.41) is 22.8. The van der Waals surface area contributed by atoms with Crippen molar-refractivity contribution >= 4 is 17.8 Å². The van der Waals surface area contributed by atoms with Crippen LogP contribution in [0.4, 0.5) is 0 Å². The van der Waals surface area contributed by atoms with Crippen molar-refractivity contribution < 1.29 is 24.6 Å². The van der Waals surface area contributed by atoms with Crippen molar-refractivity contribution in [1.82, 2.24) is 10.6 Å².